The van der Waals surface area contributed by atoms with Crippen LogP contribution in [0.15, 0.2) is 80.3 Å². The van der Waals surface area contributed by atoms with Crippen LogP contribution in [0.3, 0.4) is 0 Å². The van der Waals surface area contributed by atoms with Crippen LogP contribution in [0, 0.1) is 41.5 Å². The first kappa shape index (κ1) is 113. The van der Waals surface area contributed by atoms with Crippen LogP contribution in [0.25, 0.3) is 0 Å². The molecule has 6 aliphatic rings. The van der Waals surface area contributed by atoms with Gasteiger partial charge in [0.25, 0.3) is 16.7 Å². The number of phosphoric acid groups is 2. The van der Waals surface area contributed by atoms with Gasteiger partial charge in [-0.05, 0) is 72.1 Å². The number of thiol groups is 1. The Kier molecular flexibility index (Phi) is 39.1. The van der Waals surface area contributed by atoms with Crippen LogP contribution in [0.4, 0.5) is 17.5 Å². The van der Waals surface area contributed by atoms with E-state index in [2.05, 4.69) is 42.2 Å². The molecule has 0 radical (unpaired) electrons. The van der Waals surface area contributed by atoms with Crippen LogP contribution in [0.5, 0.6) is 0 Å². The number of aliphatic hydroxyl groups is 1. The first-order valence-corrected chi connectivity index (χ1v) is 53.9. The van der Waals surface area contributed by atoms with Crippen LogP contribution in [0.2, 0.25) is 0 Å². The molecule has 6 fully saturated rings. The van der Waals surface area contributed by atoms with E-state index in [0.29, 0.717) is 5.56 Å². The number of rotatable bonds is 51. The third kappa shape index (κ3) is 28.2. The zero-order valence-electron chi connectivity index (χ0n) is 77.6. The molecule has 0 spiro atoms. The minimum Gasteiger partial charge on any atom is -0.387 e. The highest BCUT2D eigenvalue weighted by Crippen LogP contribution is 2.60. The van der Waals surface area contributed by atoms with E-state index >= 15 is 13.7 Å². The molecule has 12 rings (SSSR count). The molecule has 28 atom stereocenters. The average Bonchev–Trinajstić information content (AvgIpc) is 1.62. The fourth-order valence-corrected chi connectivity index (χ4v) is 21.9. The molecule has 6 aromatic heterocycles. The van der Waals surface area contributed by atoms with Gasteiger partial charge < -0.3 is 131 Å². The SMILES string of the molecule is COCCOC1[C@@H](O)[C@@H](COP(O)(=S)O[C@@H]2C(OCCOC)[C@H](n3cc(C)c(=O)[nH]c3=O)O[C@@H]2COP(=O)(S)O[C@@H]2C(OCCOC)[C@H](n3cc(C)c(N)nc3=O)O[C@@H]2COP(=O)(O)O[C@@H]2C(OCCOC)[C@H](n3cc(C)c(=O)[nH]c3=O)O[C@@H]2COP(=O)(O)O[C@@H]2C(OCCOC)[C@H](n3cc(C)c(N)nc3=O)O[C@@H]2COP(O)(=S)O[C@@H]2C[C@H](n3cc(C)c(N)nc3=O)O[C@@H]2C)O[C@H]1n1cc(C)c(=O)[nH]c1=O. The summed E-state index contributed by atoms with van der Waals surface area (Å²) >= 11 is 15.5. The normalized spacial score (nSPS) is 29.6. The molecule has 141 heavy (non-hydrogen) atoms. The number of phosphoric ester groups is 2. The number of hydrogen-bond donors (Lipinski definition) is 12. The molecule has 0 amide bonds. The molecule has 12 heterocycles. The Morgan fingerprint density at radius 3 is 1.04 bits per heavy atom. The lowest BCUT2D eigenvalue weighted by atomic mass is 10.1. The van der Waals surface area contributed by atoms with E-state index in [-0.39, 0.29) is 105 Å². The summed E-state index contributed by atoms with van der Waals surface area (Å²) in [6.07, 6.45) is -31.6. The number of aryl methyl sites for hydroxylation is 6. The lowest BCUT2D eigenvalue weighted by Crippen LogP contribution is -2.42. The monoisotopic (exact) mass is 2160 g/mol. The van der Waals surface area contributed by atoms with Gasteiger partial charge in [0.2, 0.25) is 0 Å². The highest BCUT2D eigenvalue weighted by atomic mass is 32.7. The van der Waals surface area contributed by atoms with E-state index in [0.717, 1.165) is 35.2 Å². The Labute approximate surface area is 814 Å². The molecular weight excluding hydrogens is 2050 g/mol. The van der Waals surface area contributed by atoms with Crippen molar-refractivity contribution in [2.45, 2.75) is 196 Å². The Morgan fingerprint density at radius 2 is 0.667 bits per heavy atom. The van der Waals surface area contributed by atoms with Crippen molar-refractivity contribution in [2.24, 2.45) is 0 Å². The standard InChI is InChI=1S/C75H112N15O43P5S3/c1-35-24-85(70(95)79-59(35)76)48-23-42(41(7)123-48)129-136(105,139)121-33-46-51(56(115-20-15-110-10)66(127-46)86-25-36(2)60(77)80-71(86)96)131-134(101,102)118-31-44-50(55(114-19-14-109-9)67(125-44)89-28-39(5)63(93)83-74(89)99)130-135(103,104)119-32-45-52(57(116-21-16-111-11)68(126-45)87-26-37(3)61(78)81-72(87)97)132-138(107,141)122-34-47-53(58(117-22-17-112-12)69(128-47)90-29-40(6)64(94)84-75(90)100)133-137(106,140)120-30-43-49(91)54(113-18-13-108-8)65(124-43)88-27-38(4)62(92)82-73(88)98/h24-29,41-58,65-69,91H,13-23,30-34H2,1-12H3,(H,101,102)(H,103,104)(H,105,139)(H,106,140)(H,107,141)(H2,76,79,95)(H2,77,80,96)(H2,78,81,97)(H,82,92,98)(H,83,93,99)(H,84,94,100)/t41-,42-,43-,44-,45-,46-,47-,48-,49+,50+,51+,52+,53+,54?,55?,56?,57?,58?,65-,66-,67-,68-,69-,136?,137?,138?/m1/s1. The fourth-order valence-electron chi connectivity index (χ4n) is 15.6. The first-order chi connectivity index (χ1) is 66.6. The molecule has 58 nitrogen and oxygen atoms in total. The number of methoxy groups -OCH3 is 5. The predicted octanol–water partition coefficient (Wildman–Crippen LogP) is -2.00. The maximum Gasteiger partial charge on any atom is 0.472 e. The van der Waals surface area contributed by atoms with Gasteiger partial charge in [-0.3, -0.25) is 88.4 Å². The maximum absolute atomic E-state index is 15.5. The van der Waals surface area contributed by atoms with Crippen LogP contribution in [-0.2, 0) is 158 Å². The molecule has 0 saturated carbocycles. The molecule has 6 saturated heterocycles. The molecule has 0 aliphatic carbocycles. The third-order valence-electron chi connectivity index (χ3n) is 22.7. The van der Waals surface area contributed by atoms with Crippen molar-refractivity contribution < 1.29 is 159 Å². The van der Waals surface area contributed by atoms with Crippen molar-refractivity contribution in [3.05, 3.63) is 165 Å². The second-order valence-corrected chi connectivity index (χ2v) is 43.9. The lowest BCUT2D eigenvalue weighted by molar-refractivity contribution is -0.0853. The number of anilines is 3. The molecule has 14 N–H and O–H groups in total. The van der Waals surface area contributed by atoms with Crippen LogP contribution in [-0.4, -0.2) is 320 Å². The first-order valence-electron chi connectivity index (χ1n) is 43.0. The summed E-state index contributed by atoms with van der Waals surface area (Å²) in [7, 11) is -5.27. The van der Waals surface area contributed by atoms with Crippen LogP contribution >= 0.6 is 48.1 Å². The van der Waals surface area contributed by atoms with Gasteiger partial charge in [0.05, 0.1) is 111 Å². The lowest BCUT2D eigenvalue weighted by Gasteiger charge is -2.30. The van der Waals surface area contributed by atoms with Crippen LogP contribution in [0.1, 0.15) is 84.1 Å². The predicted molar refractivity (Wildman–Crippen MR) is 492 cm³/mol. The number of nitrogen functional groups attached to an aromatic ring is 3. The van der Waals surface area contributed by atoms with E-state index in [1.165, 1.54) is 99.5 Å². The summed E-state index contributed by atoms with van der Waals surface area (Å²) in [5.41, 5.74) is 10.2. The quantitative estimate of drug-likeness (QED) is 0.0112. The maximum atomic E-state index is 15.5. The number of hydrogen-bond acceptors (Lipinski definition) is 47. The molecule has 10 unspecified atom stereocenters. The van der Waals surface area contributed by atoms with E-state index in [1.807, 2.05) is 0 Å². The Balaban J connectivity index is 0.842. The topological polar surface area (TPSA) is 740 Å². The summed E-state index contributed by atoms with van der Waals surface area (Å²) < 4.78 is 206. The molecule has 0 aromatic carbocycles. The van der Waals surface area contributed by atoms with Gasteiger partial charge >= 0.3 is 70.0 Å². The fraction of sp³-hybridized carbons (Fsp3) is 0.680. The number of aliphatic hydroxyl groups excluding tert-OH is 1. The van der Waals surface area contributed by atoms with Gasteiger partial charge in [-0.15, -0.1) is 0 Å². The minimum atomic E-state index is -5.98. The molecule has 6 aliphatic heterocycles. The summed E-state index contributed by atoms with van der Waals surface area (Å²) in [6.45, 7) is -12.4. The second kappa shape index (κ2) is 48.9. The minimum absolute atomic E-state index is 0.00240. The van der Waals surface area contributed by atoms with Crippen molar-refractivity contribution in [1.82, 2.24) is 57.3 Å². The number of nitrogens with zero attached hydrogens (tertiary/aromatic N) is 9. The largest absolute Gasteiger partial charge is 0.472 e. The summed E-state index contributed by atoms with van der Waals surface area (Å²) in [5, 5.41) is 11.8. The number of nitrogens with one attached hydrogen (secondary N) is 3. The average molecular weight is 2160 g/mol. The van der Waals surface area contributed by atoms with E-state index in [9.17, 15) is 67.8 Å². The Bertz CT molecular complexity index is 6200. The second-order valence-electron chi connectivity index (χ2n) is 32.7. The zero-order valence-corrected chi connectivity index (χ0v) is 84.6. The van der Waals surface area contributed by atoms with Crippen molar-refractivity contribution >= 4 is 89.2 Å². The van der Waals surface area contributed by atoms with Crippen molar-refractivity contribution in [3.8, 4) is 0 Å². The number of H-pyrrole nitrogens is 3. The summed E-state index contributed by atoms with van der Waals surface area (Å²) in [5.74, 6) is -0.469. The van der Waals surface area contributed by atoms with E-state index in [1.54, 1.807) is 13.8 Å². The smallest absolute Gasteiger partial charge is 0.387 e. The van der Waals surface area contributed by atoms with E-state index in [4.69, 9.17) is 162 Å². The number of aromatic nitrogens is 12. The highest BCUT2D eigenvalue weighted by molar-refractivity contribution is 8.44. The van der Waals surface area contributed by atoms with E-state index < -0.39 is 274 Å². The van der Waals surface area contributed by atoms with Gasteiger partial charge in [0, 0.05) is 113 Å². The Hall–Kier alpha value is -6.82. The van der Waals surface area contributed by atoms with Gasteiger partial charge in [0.15, 0.2) is 31.1 Å². The molecule has 66 heteroatoms. The molecule has 6 aromatic rings. The molecule has 0 bridgehead atoms. The van der Waals surface area contributed by atoms with Gasteiger partial charge in [-0.25, -0.2) is 42.5 Å². The number of nitrogens with two attached hydrogens (primary N) is 3. The molecule has 788 valence electrons. The number of aromatic amines is 3. The Morgan fingerprint density at radius 1 is 0.383 bits per heavy atom. The van der Waals surface area contributed by atoms with Gasteiger partial charge in [-0.2, -0.15) is 15.0 Å². The highest BCUT2D eigenvalue weighted by Gasteiger charge is 2.59. The number of ether oxygens (including phenoxy) is 16. The summed E-state index contributed by atoms with van der Waals surface area (Å²) in [4.78, 5) is 187. The van der Waals surface area contributed by atoms with Gasteiger partial charge in [-0.1, -0.05) is 12.2 Å². The molecular formula is C75H112N15O43P5S3. The summed E-state index contributed by atoms with van der Waals surface area (Å²) in [6, 6.07) is 0. The third-order valence-corrected chi connectivity index (χ3v) is 29.4. The van der Waals surface area contributed by atoms with Gasteiger partial charge in [0.1, 0.15) is 115 Å². The zero-order chi connectivity index (χ0) is 103. The van der Waals surface area contributed by atoms with Crippen LogP contribution < -0.4 is 68.0 Å². The van der Waals surface area contributed by atoms with Crippen molar-refractivity contribution in [1.29, 1.82) is 0 Å². The van der Waals surface area contributed by atoms with Crippen molar-refractivity contribution in [3.63, 3.8) is 0 Å². The van der Waals surface area contributed by atoms with Crippen molar-refractivity contribution in [2.75, 3.05) is 152 Å².